The van der Waals surface area contributed by atoms with Crippen molar-refractivity contribution < 1.29 is 18.7 Å². The van der Waals surface area contributed by atoms with E-state index >= 15 is 0 Å². The van der Waals surface area contributed by atoms with Crippen molar-refractivity contribution in [3.63, 3.8) is 0 Å². The molecule has 9 nitrogen and oxygen atoms in total. The largest absolute Gasteiger partial charge is 0.378 e. The number of morpholine rings is 2. The lowest BCUT2D eigenvalue weighted by atomic mass is 10.2. The second-order valence-electron chi connectivity index (χ2n) is 8.81. The molecule has 11 heteroatoms. The van der Waals surface area contributed by atoms with Crippen LogP contribution < -0.4 is 20.4 Å². The number of rotatable bonds is 5. The van der Waals surface area contributed by atoms with E-state index in [0.717, 1.165) is 30.0 Å². The first kappa shape index (κ1) is 25.2. The van der Waals surface area contributed by atoms with E-state index in [1.807, 2.05) is 24.0 Å². The smallest absolute Gasteiger partial charge is 0.323 e. The predicted molar refractivity (Wildman–Crippen MR) is 142 cm³/mol. The normalized spacial score (nSPS) is 16.0. The summed E-state index contributed by atoms with van der Waals surface area (Å²) in [4.78, 5) is 25.8. The van der Waals surface area contributed by atoms with Gasteiger partial charge in [0.15, 0.2) is 5.82 Å². The van der Waals surface area contributed by atoms with Crippen LogP contribution in [0.4, 0.5) is 32.1 Å². The maximum Gasteiger partial charge on any atom is 0.323 e. The van der Waals surface area contributed by atoms with Crippen LogP contribution in [0.1, 0.15) is 5.56 Å². The Bertz CT molecular complexity index is 1260. The molecular weight excluding hydrogens is 499 g/mol. The molecule has 2 aromatic carbocycles. The van der Waals surface area contributed by atoms with Gasteiger partial charge in [0.2, 0.25) is 0 Å². The number of nitrogens with zero attached hydrogens (tertiary/aromatic N) is 4. The number of aromatic nitrogens is 2. The lowest BCUT2D eigenvalue weighted by Gasteiger charge is -2.29. The van der Waals surface area contributed by atoms with Gasteiger partial charge in [-0.3, -0.25) is 0 Å². The standard InChI is InChI=1S/C26H28ClFN6O3/c1-17-23(27)31-24(32-25(17)34-10-14-37-15-11-34)18-2-4-19(5-3-18)29-26(35)30-20-6-7-22(21(28)16-20)33-8-12-36-13-9-33/h2-7,16H,8-15H2,1H3,(H2,29,30,35). The minimum atomic E-state index is -0.476. The lowest BCUT2D eigenvalue weighted by molar-refractivity contribution is 0.122. The van der Waals surface area contributed by atoms with E-state index in [4.69, 9.17) is 26.1 Å². The quantitative estimate of drug-likeness (QED) is 0.471. The number of ether oxygens (including phenoxy) is 2. The summed E-state index contributed by atoms with van der Waals surface area (Å²) in [5.41, 5.74) is 3.03. The van der Waals surface area contributed by atoms with Gasteiger partial charge in [-0.1, -0.05) is 11.6 Å². The lowest BCUT2D eigenvalue weighted by Crippen LogP contribution is -2.37. The number of carbonyl (C=O) groups excluding carboxylic acids is 1. The molecule has 3 aromatic rings. The summed E-state index contributed by atoms with van der Waals surface area (Å²) in [6, 6.07) is 11.3. The van der Waals surface area contributed by atoms with Gasteiger partial charge in [-0.05, 0) is 49.4 Å². The number of benzene rings is 2. The zero-order valence-electron chi connectivity index (χ0n) is 20.5. The van der Waals surface area contributed by atoms with Gasteiger partial charge in [0.05, 0.1) is 32.1 Å². The van der Waals surface area contributed by atoms with Crippen LogP contribution in [-0.2, 0) is 9.47 Å². The zero-order chi connectivity index (χ0) is 25.8. The molecule has 1 aromatic heterocycles. The summed E-state index contributed by atoms with van der Waals surface area (Å²) in [7, 11) is 0. The van der Waals surface area contributed by atoms with Crippen LogP contribution in [0.15, 0.2) is 42.5 Å². The summed E-state index contributed by atoms with van der Waals surface area (Å²) in [5.74, 6) is 0.910. The third-order valence-corrected chi connectivity index (χ3v) is 6.70. The Labute approximate surface area is 219 Å². The van der Waals surface area contributed by atoms with E-state index in [9.17, 15) is 9.18 Å². The van der Waals surface area contributed by atoms with Gasteiger partial charge >= 0.3 is 6.03 Å². The first-order chi connectivity index (χ1) is 18.0. The Balaban J connectivity index is 1.24. The van der Waals surface area contributed by atoms with Gasteiger partial charge in [0.1, 0.15) is 16.8 Å². The number of nitrogens with one attached hydrogen (secondary N) is 2. The van der Waals surface area contributed by atoms with Gasteiger partial charge in [-0.25, -0.2) is 19.2 Å². The van der Waals surface area contributed by atoms with Crippen molar-refractivity contribution in [3.8, 4) is 11.4 Å². The Morgan fingerprint density at radius 2 is 1.49 bits per heavy atom. The van der Waals surface area contributed by atoms with Crippen molar-refractivity contribution in [1.82, 2.24) is 9.97 Å². The fourth-order valence-corrected chi connectivity index (χ4v) is 4.50. The van der Waals surface area contributed by atoms with E-state index in [1.165, 1.54) is 6.07 Å². The zero-order valence-corrected chi connectivity index (χ0v) is 21.2. The number of hydrogen-bond donors (Lipinski definition) is 2. The minimum Gasteiger partial charge on any atom is -0.378 e. The minimum absolute atomic E-state index is 0.363. The van der Waals surface area contributed by atoms with Crippen molar-refractivity contribution in [2.75, 3.05) is 73.0 Å². The van der Waals surface area contributed by atoms with Crippen LogP contribution in [0.25, 0.3) is 11.4 Å². The summed E-state index contributed by atoms with van der Waals surface area (Å²) < 4.78 is 25.4. The Kier molecular flexibility index (Phi) is 7.68. The van der Waals surface area contributed by atoms with Crippen LogP contribution in [0, 0.1) is 12.7 Å². The van der Waals surface area contributed by atoms with E-state index in [2.05, 4.69) is 20.5 Å². The molecule has 2 fully saturated rings. The van der Waals surface area contributed by atoms with E-state index in [0.29, 0.717) is 67.6 Å². The average Bonchev–Trinajstić information content (AvgIpc) is 2.91. The topological polar surface area (TPSA) is 91.9 Å². The van der Waals surface area contributed by atoms with Crippen LogP contribution in [-0.4, -0.2) is 68.6 Å². The number of amides is 2. The summed E-state index contributed by atoms with van der Waals surface area (Å²) in [6.45, 7) is 7.08. The molecule has 2 amide bonds. The third-order valence-electron chi connectivity index (χ3n) is 6.33. The highest BCUT2D eigenvalue weighted by Gasteiger charge is 2.19. The SMILES string of the molecule is Cc1c(Cl)nc(-c2ccc(NC(=O)Nc3ccc(N4CCOCC4)c(F)c3)cc2)nc1N1CCOCC1. The van der Waals surface area contributed by atoms with Crippen LogP contribution in [0.5, 0.6) is 0 Å². The van der Waals surface area contributed by atoms with Crippen molar-refractivity contribution in [2.24, 2.45) is 0 Å². The van der Waals surface area contributed by atoms with Gasteiger partial charge in [-0.2, -0.15) is 0 Å². The molecule has 0 atom stereocenters. The van der Waals surface area contributed by atoms with Gasteiger partial charge in [-0.15, -0.1) is 0 Å². The maximum absolute atomic E-state index is 14.6. The number of halogens is 2. The summed E-state index contributed by atoms with van der Waals surface area (Å²) in [5, 5.41) is 5.84. The molecule has 2 N–H and O–H groups in total. The number of urea groups is 1. The average molecular weight is 527 g/mol. The molecule has 0 saturated carbocycles. The molecule has 5 rings (SSSR count). The van der Waals surface area contributed by atoms with E-state index in [-0.39, 0.29) is 0 Å². The highest BCUT2D eigenvalue weighted by molar-refractivity contribution is 6.30. The van der Waals surface area contributed by atoms with E-state index in [1.54, 1.807) is 24.3 Å². The van der Waals surface area contributed by atoms with Gasteiger partial charge in [0, 0.05) is 48.7 Å². The molecule has 2 saturated heterocycles. The Morgan fingerprint density at radius 3 is 2.14 bits per heavy atom. The molecule has 0 bridgehead atoms. The molecule has 194 valence electrons. The Morgan fingerprint density at radius 1 is 0.892 bits per heavy atom. The third kappa shape index (κ3) is 5.93. The molecule has 2 aliphatic rings. The monoisotopic (exact) mass is 526 g/mol. The first-order valence-electron chi connectivity index (χ1n) is 12.2. The number of hydrogen-bond acceptors (Lipinski definition) is 7. The molecule has 0 radical (unpaired) electrons. The van der Waals surface area contributed by atoms with Crippen molar-refractivity contribution in [1.29, 1.82) is 0 Å². The maximum atomic E-state index is 14.6. The van der Waals surface area contributed by atoms with Crippen LogP contribution in [0.3, 0.4) is 0 Å². The molecule has 37 heavy (non-hydrogen) atoms. The molecule has 0 aliphatic carbocycles. The summed E-state index contributed by atoms with van der Waals surface area (Å²) in [6.07, 6.45) is 0. The highest BCUT2D eigenvalue weighted by Crippen LogP contribution is 2.29. The Hall–Kier alpha value is -3.47. The van der Waals surface area contributed by atoms with Crippen molar-refractivity contribution >= 4 is 40.5 Å². The molecule has 0 spiro atoms. The van der Waals surface area contributed by atoms with Crippen molar-refractivity contribution in [3.05, 3.63) is 59.0 Å². The molecule has 2 aliphatic heterocycles. The van der Waals surface area contributed by atoms with E-state index < -0.39 is 11.8 Å². The summed E-state index contributed by atoms with van der Waals surface area (Å²) >= 11 is 6.42. The predicted octanol–water partition coefficient (Wildman–Crippen LogP) is 4.56. The fraction of sp³-hybridized carbons (Fsp3) is 0.346. The first-order valence-corrected chi connectivity index (χ1v) is 12.5. The number of carbonyl (C=O) groups is 1. The van der Waals surface area contributed by atoms with Crippen molar-refractivity contribution in [2.45, 2.75) is 6.92 Å². The molecular formula is C26H28ClFN6O3. The fourth-order valence-electron chi connectivity index (χ4n) is 4.33. The molecule has 0 unspecified atom stereocenters. The van der Waals surface area contributed by atoms with Gasteiger partial charge in [0.25, 0.3) is 0 Å². The van der Waals surface area contributed by atoms with Gasteiger partial charge < -0.3 is 29.9 Å². The highest BCUT2D eigenvalue weighted by atomic mass is 35.5. The second kappa shape index (κ2) is 11.3. The van der Waals surface area contributed by atoms with Crippen LogP contribution in [0.2, 0.25) is 5.15 Å². The molecule has 3 heterocycles. The second-order valence-corrected chi connectivity index (χ2v) is 9.17. The van der Waals surface area contributed by atoms with Crippen LogP contribution >= 0.6 is 11.6 Å². The number of anilines is 4.